The molecule has 2 heterocycles. The molecule has 0 saturated carbocycles. The highest BCUT2D eigenvalue weighted by Gasteiger charge is 2.07. The molecule has 2 aromatic rings. The molecule has 128 valence electrons. The fourth-order valence-corrected chi connectivity index (χ4v) is 3.01. The van der Waals surface area contributed by atoms with Crippen molar-refractivity contribution < 1.29 is 4.79 Å². The minimum atomic E-state index is -0.141. The van der Waals surface area contributed by atoms with Crippen LogP contribution in [0.3, 0.4) is 0 Å². The van der Waals surface area contributed by atoms with Crippen LogP contribution in [0.1, 0.15) is 11.8 Å². The van der Waals surface area contributed by atoms with E-state index in [9.17, 15) is 4.79 Å². The summed E-state index contributed by atoms with van der Waals surface area (Å²) in [6.45, 7) is 3.13. The molecule has 0 aliphatic heterocycles. The van der Waals surface area contributed by atoms with Gasteiger partial charge in [-0.15, -0.1) is 11.3 Å². The zero-order chi connectivity index (χ0) is 17.2. The van der Waals surface area contributed by atoms with Crippen LogP contribution in [0.15, 0.2) is 47.0 Å². The lowest BCUT2D eigenvalue weighted by Crippen LogP contribution is -2.43. The van der Waals surface area contributed by atoms with Gasteiger partial charge < -0.3 is 16.0 Å². The molecule has 2 aromatic heterocycles. The van der Waals surface area contributed by atoms with E-state index in [0.29, 0.717) is 17.6 Å². The molecule has 24 heavy (non-hydrogen) atoms. The second kappa shape index (κ2) is 9.67. The van der Waals surface area contributed by atoms with E-state index in [0.717, 1.165) is 13.0 Å². The van der Waals surface area contributed by atoms with E-state index in [-0.39, 0.29) is 12.5 Å². The summed E-state index contributed by atoms with van der Waals surface area (Å²) in [5.74, 6) is 0.957. The minimum absolute atomic E-state index is 0.141. The average molecular weight is 345 g/mol. The maximum absolute atomic E-state index is 11.9. The predicted octanol–water partition coefficient (Wildman–Crippen LogP) is 2.13. The maximum atomic E-state index is 11.9. The predicted molar refractivity (Wildman–Crippen MR) is 99.4 cm³/mol. The van der Waals surface area contributed by atoms with Crippen molar-refractivity contribution in [2.75, 3.05) is 25.5 Å². The first-order valence-corrected chi connectivity index (χ1v) is 8.72. The van der Waals surface area contributed by atoms with Crippen LogP contribution < -0.4 is 16.0 Å². The van der Waals surface area contributed by atoms with Crippen molar-refractivity contribution >= 4 is 28.9 Å². The molecule has 0 radical (unpaired) electrons. The van der Waals surface area contributed by atoms with E-state index in [4.69, 9.17) is 0 Å². The Labute approximate surface area is 146 Å². The fraction of sp³-hybridized carbons (Fsp3) is 0.353. The van der Waals surface area contributed by atoms with Crippen molar-refractivity contribution in [2.45, 2.75) is 13.3 Å². The van der Waals surface area contributed by atoms with E-state index >= 15 is 0 Å². The number of rotatable bonds is 7. The molecule has 6 nitrogen and oxygen atoms in total. The number of aliphatic imine (C=N–C) groups is 1. The number of carbonyl (C=O) groups excluding carboxylic acids is 1. The molecular formula is C17H23N5OS. The highest BCUT2D eigenvalue weighted by Crippen LogP contribution is 2.13. The Bertz CT molecular complexity index is 642. The quantitative estimate of drug-likeness (QED) is 0.531. The van der Waals surface area contributed by atoms with Crippen LogP contribution in [0.2, 0.25) is 0 Å². The van der Waals surface area contributed by atoms with Crippen LogP contribution in [0.25, 0.3) is 0 Å². The number of carbonyl (C=O) groups is 1. The number of pyridine rings is 1. The van der Waals surface area contributed by atoms with Gasteiger partial charge in [-0.2, -0.15) is 0 Å². The summed E-state index contributed by atoms with van der Waals surface area (Å²) in [6, 6.07) is 7.79. The van der Waals surface area contributed by atoms with Crippen LogP contribution in [0.4, 0.5) is 5.69 Å². The number of thiophene rings is 1. The molecule has 0 fully saturated rings. The van der Waals surface area contributed by atoms with Crippen LogP contribution in [0, 0.1) is 5.92 Å². The number of aromatic nitrogens is 1. The van der Waals surface area contributed by atoms with Crippen LogP contribution >= 0.6 is 11.3 Å². The summed E-state index contributed by atoms with van der Waals surface area (Å²) in [5.41, 5.74) is 0.678. The molecule has 0 aliphatic rings. The summed E-state index contributed by atoms with van der Waals surface area (Å²) in [5, 5.41) is 11.1. The lowest BCUT2D eigenvalue weighted by molar-refractivity contribution is -0.115. The molecule has 1 amide bonds. The van der Waals surface area contributed by atoms with Gasteiger partial charge in [0.25, 0.3) is 0 Å². The number of hydrogen-bond donors (Lipinski definition) is 3. The maximum Gasteiger partial charge on any atom is 0.243 e. The summed E-state index contributed by atoms with van der Waals surface area (Å²) in [7, 11) is 1.69. The lowest BCUT2D eigenvalue weighted by atomic mass is 10.1. The summed E-state index contributed by atoms with van der Waals surface area (Å²) >= 11 is 1.77. The van der Waals surface area contributed by atoms with E-state index in [1.54, 1.807) is 42.9 Å². The van der Waals surface area contributed by atoms with Crippen LogP contribution in [-0.4, -0.2) is 37.0 Å². The SMILES string of the molecule is CN=C(NCC(=O)Nc1cccnc1)NCC(C)Cc1cccs1. The Hall–Kier alpha value is -2.41. The van der Waals surface area contributed by atoms with Gasteiger partial charge in [-0.25, -0.2) is 0 Å². The Morgan fingerprint density at radius 2 is 2.21 bits per heavy atom. The summed E-state index contributed by atoms with van der Waals surface area (Å²) in [4.78, 5) is 21.4. The molecule has 0 aromatic carbocycles. The number of hydrogen-bond acceptors (Lipinski definition) is 4. The smallest absolute Gasteiger partial charge is 0.243 e. The van der Waals surface area contributed by atoms with Crippen LogP contribution in [-0.2, 0) is 11.2 Å². The molecule has 1 unspecified atom stereocenters. The monoisotopic (exact) mass is 345 g/mol. The number of anilines is 1. The van der Waals surface area contributed by atoms with Crippen LogP contribution in [0.5, 0.6) is 0 Å². The molecule has 3 N–H and O–H groups in total. The van der Waals surface area contributed by atoms with Crippen molar-refractivity contribution in [3.8, 4) is 0 Å². The van der Waals surface area contributed by atoms with Crippen molar-refractivity contribution in [3.05, 3.63) is 46.9 Å². The zero-order valence-corrected chi connectivity index (χ0v) is 14.8. The first kappa shape index (κ1) is 17.9. The van der Waals surface area contributed by atoms with E-state index in [1.807, 2.05) is 0 Å². The molecule has 2 rings (SSSR count). The van der Waals surface area contributed by atoms with Gasteiger partial charge in [0.2, 0.25) is 5.91 Å². The molecule has 0 spiro atoms. The minimum Gasteiger partial charge on any atom is -0.356 e. The summed E-state index contributed by atoms with van der Waals surface area (Å²) < 4.78 is 0. The van der Waals surface area contributed by atoms with E-state index in [2.05, 4.69) is 50.4 Å². The standard InChI is InChI=1S/C17H23N5OS/c1-13(9-15-6-4-8-24-15)10-20-17(18-2)21-12-16(23)22-14-5-3-7-19-11-14/h3-8,11,13H,9-10,12H2,1-2H3,(H,22,23)(H2,18,20,21). The Kier molecular flexibility index (Phi) is 7.22. The Morgan fingerprint density at radius 1 is 1.33 bits per heavy atom. The third-order valence-corrected chi connectivity index (χ3v) is 4.23. The van der Waals surface area contributed by atoms with Crippen molar-refractivity contribution in [2.24, 2.45) is 10.9 Å². The fourth-order valence-electron chi connectivity index (χ4n) is 2.14. The van der Waals surface area contributed by atoms with Crippen molar-refractivity contribution in [1.29, 1.82) is 0 Å². The van der Waals surface area contributed by atoms with Gasteiger partial charge in [-0.05, 0) is 35.9 Å². The van der Waals surface area contributed by atoms with Gasteiger partial charge >= 0.3 is 0 Å². The topological polar surface area (TPSA) is 78.4 Å². The third-order valence-electron chi connectivity index (χ3n) is 3.33. The lowest BCUT2D eigenvalue weighted by Gasteiger charge is -2.15. The molecule has 0 bridgehead atoms. The Morgan fingerprint density at radius 3 is 2.88 bits per heavy atom. The first-order valence-electron chi connectivity index (χ1n) is 7.84. The summed E-state index contributed by atoms with van der Waals surface area (Å²) in [6.07, 6.45) is 4.30. The van der Waals surface area contributed by atoms with Gasteiger partial charge in [-0.3, -0.25) is 14.8 Å². The molecular weight excluding hydrogens is 322 g/mol. The van der Waals surface area contributed by atoms with Gasteiger partial charge in [-0.1, -0.05) is 13.0 Å². The molecule has 0 aliphatic carbocycles. The highest BCUT2D eigenvalue weighted by atomic mass is 32.1. The second-order valence-electron chi connectivity index (χ2n) is 5.49. The second-order valence-corrected chi connectivity index (χ2v) is 6.52. The third kappa shape index (κ3) is 6.37. The normalized spacial score (nSPS) is 12.5. The average Bonchev–Trinajstić information content (AvgIpc) is 3.09. The number of nitrogens with one attached hydrogen (secondary N) is 3. The van der Waals surface area contributed by atoms with Gasteiger partial charge in [0, 0.05) is 24.7 Å². The largest absolute Gasteiger partial charge is 0.356 e. The van der Waals surface area contributed by atoms with Crippen molar-refractivity contribution in [3.63, 3.8) is 0 Å². The number of nitrogens with zero attached hydrogens (tertiary/aromatic N) is 2. The highest BCUT2D eigenvalue weighted by molar-refractivity contribution is 7.09. The van der Waals surface area contributed by atoms with Gasteiger partial charge in [0.1, 0.15) is 0 Å². The number of amides is 1. The first-order chi connectivity index (χ1) is 11.7. The number of guanidine groups is 1. The molecule has 1 atom stereocenters. The van der Waals surface area contributed by atoms with E-state index < -0.39 is 0 Å². The van der Waals surface area contributed by atoms with Gasteiger partial charge in [0.15, 0.2) is 5.96 Å². The molecule has 0 saturated heterocycles. The Balaban J connectivity index is 1.69. The zero-order valence-electron chi connectivity index (χ0n) is 14.0. The van der Waals surface area contributed by atoms with Crippen molar-refractivity contribution in [1.82, 2.24) is 15.6 Å². The van der Waals surface area contributed by atoms with E-state index in [1.165, 1.54) is 4.88 Å². The molecule has 7 heteroatoms. The van der Waals surface area contributed by atoms with Gasteiger partial charge in [0.05, 0.1) is 18.4 Å².